The minimum absolute atomic E-state index is 0.00913. The maximum Gasteiger partial charge on any atom is 0.319 e. The van der Waals surface area contributed by atoms with Crippen molar-refractivity contribution in [2.45, 2.75) is 78.0 Å². The highest BCUT2D eigenvalue weighted by atomic mass is 31.2. The summed E-state index contributed by atoms with van der Waals surface area (Å²) in [6, 6.07) is 8.07. The fourth-order valence-corrected chi connectivity index (χ4v) is 4.79. The smallest absolute Gasteiger partial charge is 0.319 e. The number of aromatic nitrogens is 2. The van der Waals surface area contributed by atoms with Crippen molar-refractivity contribution >= 4 is 13.3 Å². The number of esters is 1. The van der Waals surface area contributed by atoms with Gasteiger partial charge in [-0.3, -0.25) is 9.36 Å². The average molecular weight is 451 g/mol. The number of rotatable bonds is 11. The number of nitrogens with zero attached hydrogens (tertiary/aromatic N) is 2. The van der Waals surface area contributed by atoms with Crippen LogP contribution in [0.1, 0.15) is 65.3 Å². The zero-order chi connectivity index (χ0) is 23.1. The minimum atomic E-state index is -3.30. The maximum absolute atomic E-state index is 13.1. The zero-order valence-electron chi connectivity index (χ0n) is 19.5. The monoisotopic (exact) mass is 450 g/mol. The Morgan fingerprint density at radius 3 is 2.42 bits per heavy atom. The molecule has 0 bridgehead atoms. The van der Waals surface area contributed by atoms with E-state index in [1.165, 1.54) is 31.5 Å². The van der Waals surface area contributed by atoms with Crippen LogP contribution in [-0.4, -0.2) is 40.6 Å². The number of hydrogen-bond acceptors (Lipinski definition) is 7. The molecule has 1 aromatic heterocycles. The molecule has 2 unspecified atom stereocenters. The fourth-order valence-electron chi connectivity index (χ4n) is 3.18. The highest BCUT2D eigenvalue weighted by Crippen LogP contribution is 2.50. The van der Waals surface area contributed by atoms with Crippen molar-refractivity contribution in [1.82, 2.24) is 10.1 Å². The van der Waals surface area contributed by atoms with E-state index in [-0.39, 0.29) is 18.9 Å². The van der Waals surface area contributed by atoms with E-state index in [2.05, 4.69) is 29.2 Å². The summed E-state index contributed by atoms with van der Waals surface area (Å²) in [5, 5.41) is 4.04. The molecule has 8 heteroatoms. The topological polar surface area (TPSA) is 91.5 Å². The van der Waals surface area contributed by atoms with Crippen molar-refractivity contribution in [3.63, 3.8) is 0 Å². The molecule has 172 valence electrons. The molecule has 2 rings (SSSR count). The summed E-state index contributed by atoms with van der Waals surface area (Å²) in [4.78, 5) is 17.2. The van der Waals surface area contributed by atoms with E-state index in [1.54, 1.807) is 27.7 Å². The number of ether oxygens (including phenoxy) is 1. The average Bonchev–Trinajstić information content (AvgIpc) is 3.14. The van der Waals surface area contributed by atoms with Crippen LogP contribution in [0, 0.1) is 0 Å². The summed E-state index contributed by atoms with van der Waals surface area (Å²) in [6.07, 6.45) is 4.63. The lowest BCUT2D eigenvalue weighted by atomic mass is 10.1. The second-order valence-corrected chi connectivity index (χ2v) is 11.4. The lowest BCUT2D eigenvalue weighted by Gasteiger charge is -2.26. The van der Waals surface area contributed by atoms with Gasteiger partial charge >= 0.3 is 5.97 Å². The fraction of sp³-hybridized carbons (Fsp3) is 0.609. The highest BCUT2D eigenvalue weighted by molar-refractivity contribution is 7.60. The normalized spacial score (nSPS) is 14.8. The van der Waals surface area contributed by atoms with E-state index in [0.717, 1.165) is 12.0 Å². The largest absolute Gasteiger partial charge is 0.459 e. The van der Waals surface area contributed by atoms with E-state index in [4.69, 9.17) is 13.8 Å². The molecule has 0 N–H and O–H groups in total. The molecular formula is C23H35N2O5P. The van der Waals surface area contributed by atoms with Gasteiger partial charge in [-0.05, 0) is 46.1 Å². The Balaban J connectivity index is 2.16. The van der Waals surface area contributed by atoms with Crippen LogP contribution in [0.4, 0.5) is 0 Å². The van der Waals surface area contributed by atoms with Gasteiger partial charge in [0.15, 0.2) is 0 Å². The van der Waals surface area contributed by atoms with Crippen LogP contribution in [0.2, 0.25) is 0 Å². The second kappa shape index (κ2) is 11.1. The predicted molar refractivity (Wildman–Crippen MR) is 121 cm³/mol. The van der Waals surface area contributed by atoms with Crippen molar-refractivity contribution in [3.8, 4) is 11.4 Å². The first-order chi connectivity index (χ1) is 14.6. The third-order valence-corrected chi connectivity index (χ3v) is 7.04. The van der Waals surface area contributed by atoms with Crippen LogP contribution in [-0.2, 0) is 31.5 Å². The molecule has 0 saturated carbocycles. The molecule has 0 amide bonds. The molecule has 2 atom stereocenters. The van der Waals surface area contributed by atoms with Crippen molar-refractivity contribution in [3.05, 3.63) is 35.7 Å². The Morgan fingerprint density at radius 1 is 1.16 bits per heavy atom. The van der Waals surface area contributed by atoms with Gasteiger partial charge in [0.05, 0.1) is 6.61 Å². The molecule has 0 aliphatic rings. The summed E-state index contributed by atoms with van der Waals surface area (Å²) in [5.74, 6) is 0.0583. The number of aryl methyl sites for hydroxylation is 1. The summed E-state index contributed by atoms with van der Waals surface area (Å²) >= 11 is 0. The molecule has 0 aliphatic carbocycles. The third kappa shape index (κ3) is 7.89. The van der Waals surface area contributed by atoms with Crippen molar-refractivity contribution < 1.29 is 23.1 Å². The van der Waals surface area contributed by atoms with Crippen LogP contribution in [0.5, 0.6) is 0 Å². The Hall–Kier alpha value is -1.98. The van der Waals surface area contributed by atoms with Gasteiger partial charge in [-0.15, -0.1) is 0 Å². The second-order valence-electron chi connectivity index (χ2n) is 8.75. The van der Waals surface area contributed by atoms with Crippen LogP contribution in [0.25, 0.3) is 11.4 Å². The summed E-state index contributed by atoms with van der Waals surface area (Å²) in [5.41, 5.74) is 0.378. The third-order valence-electron chi connectivity index (χ3n) is 4.75. The van der Waals surface area contributed by atoms with Crippen LogP contribution in [0.3, 0.4) is 0 Å². The van der Waals surface area contributed by atoms with Gasteiger partial charge in [-0.1, -0.05) is 49.2 Å². The lowest BCUT2D eigenvalue weighted by Crippen LogP contribution is -2.33. The number of carbonyl (C=O) groups is 1. The van der Waals surface area contributed by atoms with Gasteiger partial charge < -0.3 is 13.8 Å². The van der Waals surface area contributed by atoms with E-state index in [0.29, 0.717) is 5.82 Å². The van der Waals surface area contributed by atoms with Gasteiger partial charge in [0.25, 0.3) is 0 Å². The maximum atomic E-state index is 13.1. The Kier molecular flexibility index (Phi) is 9.01. The molecule has 2 aromatic rings. The summed E-state index contributed by atoms with van der Waals surface area (Å²) in [6.45, 7) is 10.9. The quantitative estimate of drug-likeness (QED) is 0.247. The number of carbonyl (C=O) groups excluding carboxylic acids is 1. The molecule has 31 heavy (non-hydrogen) atoms. The van der Waals surface area contributed by atoms with E-state index >= 15 is 0 Å². The molecule has 0 aliphatic heterocycles. The molecule has 0 fully saturated rings. The molecule has 0 radical (unpaired) electrons. The molecule has 0 spiro atoms. The minimum Gasteiger partial charge on any atom is -0.459 e. The molecule has 0 saturated heterocycles. The van der Waals surface area contributed by atoms with Crippen LogP contribution >= 0.6 is 7.37 Å². The SMILES string of the molecule is CCCCCc1ccc(-c2noc(CC(C(=O)OC(C)(C)C)P(C)(=O)OCC)n2)cc1. The first-order valence-corrected chi connectivity index (χ1v) is 13.1. The molecular weight excluding hydrogens is 415 g/mol. The van der Waals surface area contributed by atoms with Crippen LogP contribution in [0.15, 0.2) is 28.8 Å². The Labute approximate surface area is 185 Å². The Morgan fingerprint density at radius 2 is 1.84 bits per heavy atom. The predicted octanol–water partition coefficient (Wildman–Crippen LogP) is 5.67. The Bertz CT molecular complexity index is 886. The van der Waals surface area contributed by atoms with E-state index < -0.39 is 24.6 Å². The van der Waals surface area contributed by atoms with E-state index in [1.807, 2.05) is 12.1 Å². The van der Waals surface area contributed by atoms with Crippen molar-refractivity contribution in [2.24, 2.45) is 0 Å². The van der Waals surface area contributed by atoms with Gasteiger partial charge in [0.2, 0.25) is 19.1 Å². The van der Waals surface area contributed by atoms with Gasteiger partial charge in [-0.2, -0.15) is 4.98 Å². The summed E-state index contributed by atoms with van der Waals surface area (Å²) < 4.78 is 29.3. The number of unbranched alkanes of at least 4 members (excludes halogenated alkanes) is 2. The zero-order valence-corrected chi connectivity index (χ0v) is 20.4. The highest BCUT2D eigenvalue weighted by Gasteiger charge is 2.40. The van der Waals surface area contributed by atoms with Crippen molar-refractivity contribution in [2.75, 3.05) is 13.3 Å². The summed E-state index contributed by atoms with van der Waals surface area (Å²) in [7, 11) is -3.30. The van der Waals surface area contributed by atoms with Gasteiger partial charge in [0.1, 0.15) is 11.3 Å². The van der Waals surface area contributed by atoms with Crippen molar-refractivity contribution in [1.29, 1.82) is 0 Å². The molecule has 7 nitrogen and oxygen atoms in total. The number of benzene rings is 1. The molecule has 1 aromatic carbocycles. The number of hydrogen-bond donors (Lipinski definition) is 0. The lowest BCUT2D eigenvalue weighted by molar-refractivity contribution is -0.154. The van der Waals surface area contributed by atoms with E-state index in [9.17, 15) is 9.36 Å². The van der Waals surface area contributed by atoms with Gasteiger partial charge in [0, 0.05) is 18.6 Å². The first kappa shape index (κ1) is 25.3. The van der Waals surface area contributed by atoms with Crippen LogP contribution < -0.4 is 0 Å². The molecule has 1 heterocycles. The van der Waals surface area contributed by atoms with Gasteiger partial charge in [-0.25, -0.2) is 0 Å². The first-order valence-electron chi connectivity index (χ1n) is 10.9. The standard InChI is InChI=1S/C23H35N2O5P/c1-7-9-10-11-17-12-14-18(15-13-17)21-24-20(30-25-21)16-19(31(6,27)28-8-2)22(26)29-23(3,4)5/h12-15,19H,7-11,16H2,1-6H3.